The average molecular weight is 260 g/mol. The van der Waals surface area contributed by atoms with Crippen LogP contribution in [0.4, 0.5) is 0 Å². The van der Waals surface area contributed by atoms with E-state index < -0.39 is 9.84 Å². The Balaban J connectivity index is 2.01. The van der Waals surface area contributed by atoms with Crippen LogP contribution in [-0.2, 0) is 14.6 Å². The quantitative estimate of drug-likeness (QED) is 0.705. The molecule has 6 heteroatoms. The lowest BCUT2D eigenvalue weighted by atomic mass is 10.1. The molecule has 0 aromatic carbocycles. The predicted molar refractivity (Wildman–Crippen MR) is 65.1 cm³/mol. The molecule has 17 heavy (non-hydrogen) atoms. The fraction of sp³-hybridized carbons (Fsp3) is 0.909. The summed E-state index contributed by atoms with van der Waals surface area (Å²) in [5, 5.41) is 0. The highest BCUT2D eigenvalue weighted by Gasteiger charge is 2.36. The molecule has 0 aromatic heterocycles. The molecular weight excluding hydrogens is 240 g/mol. The van der Waals surface area contributed by atoms with Crippen molar-refractivity contribution in [3.05, 3.63) is 0 Å². The summed E-state index contributed by atoms with van der Waals surface area (Å²) in [5.74, 6) is 0.299. The SMILES string of the molecule is CC1CS(=O)(=O)CCN1C(=O)C1CCC(N)C1. The summed E-state index contributed by atoms with van der Waals surface area (Å²) >= 11 is 0. The van der Waals surface area contributed by atoms with E-state index in [1.165, 1.54) is 0 Å². The van der Waals surface area contributed by atoms with Crippen molar-refractivity contribution in [1.29, 1.82) is 0 Å². The normalized spacial score (nSPS) is 37.1. The maximum atomic E-state index is 12.2. The minimum atomic E-state index is -2.95. The van der Waals surface area contributed by atoms with Gasteiger partial charge < -0.3 is 10.6 Å². The molecule has 2 N–H and O–H groups in total. The first kappa shape index (κ1) is 12.8. The molecule has 1 aliphatic heterocycles. The van der Waals surface area contributed by atoms with Gasteiger partial charge in [0.15, 0.2) is 9.84 Å². The molecule has 98 valence electrons. The van der Waals surface area contributed by atoms with Gasteiger partial charge in [-0.25, -0.2) is 8.42 Å². The molecule has 0 bridgehead atoms. The minimum absolute atomic E-state index is 0.00764. The molecular formula is C11H20N2O3S. The Morgan fingerprint density at radius 2 is 2.06 bits per heavy atom. The summed E-state index contributed by atoms with van der Waals surface area (Å²) < 4.78 is 22.9. The van der Waals surface area contributed by atoms with E-state index in [0.717, 1.165) is 19.3 Å². The Morgan fingerprint density at radius 3 is 2.59 bits per heavy atom. The average Bonchev–Trinajstić information content (AvgIpc) is 2.62. The molecule has 3 unspecified atom stereocenters. The number of sulfone groups is 1. The predicted octanol–water partition coefficient (Wildman–Crippen LogP) is -0.241. The van der Waals surface area contributed by atoms with Crippen LogP contribution >= 0.6 is 0 Å². The lowest BCUT2D eigenvalue weighted by molar-refractivity contribution is -0.136. The summed E-state index contributed by atoms with van der Waals surface area (Å²) in [6, 6.07) is -0.0640. The molecule has 5 nitrogen and oxygen atoms in total. The number of nitrogens with two attached hydrogens (primary N) is 1. The maximum Gasteiger partial charge on any atom is 0.226 e. The van der Waals surface area contributed by atoms with E-state index in [2.05, 4.69) is 0 Å². The molecule has 3 atom stereocenters. The Morgan fingerprint density at radius 1 is 1.35 bits per heavy atom. The lowest BCUT2D eigenvalue weighted by Gasteiger charge is -2.35. The number of rotatable bonds is 1. The fourth-order valence-corrected chi connectivity index (χ4v) is 4.36. The van der Waals surface area contributed by atoms with E-state index in [1.54, 1.807) is 4.90 Å². The molecule has 1 heterocycles. The van der Waals surface area contributed by atoms with Crippen molar-refractivity contribution in [1.82, 2.24) is 4.90 Å². The number of hydrogen-bond acceptors (Lipinski definition) is 4. The van der Waals surface area contributed by atoms with E-state index in [4.69, 9.17) is 5.73 Å². The third-order valence-electron chi connectivity index (χ3n) is 3.78. The van der Waals surface area contributed by atoms with Crippen molar-refractivity contribution in [3.63, 3.8) is 0 Å². The number of carbonyl (C=O) groups excluding carboxylic acids is 1. The second-order valence-electron chi connectivity index (χ2n) is 5.27. The summed E-state index contributed by atoms with van der Waals surface area (Å²) in [5.41, 5.74) is 5.80. The Labute approximate surface area is 102 Å². The second kappa shape index (κ2) is 4.57. The molecule has 0 aromatic rings. The second-order valence-corrected chi connectivity index (χ2v) is 7.49. The van der Waals surface area contributed by atoms with Crippen molar-refractivity contribution in [2.45, 2.75) is 38.3 Å². The monoisotopic (exact) mass is 260 g/mol. The van der Waals surface area contributed by atoms with Crippen LogP contribution in [0.15, 0.2) is 0 Å². The van der Waals surface area contributed by atoms with Crippen molar-refractivity contribution < 1.29 is 13.2 Å². The largest absolute Gasteiger partial charge is 0.338 e. The first-order valence-electron chi connectivity index (χ1n) is 6.15. The standard InChI is InChI=1S/C11H20N2O3S/c1-8-7-17(15,16)5-4-13(8)11(14)9-2-3-10(12)6-9/h8-10H,2-7,12H2,1H3. The van der Waals surface area contributed by atoms with Crippen molar-refractivity contribution in [3.8, 4) is 0 Å². The van der Waals surface area contributed by atoms with Crippen LogP contribution in [0.2, 0.25) is 0 Å². The minimum Gasteiger partial charge on any atom is -0.338 e. The van der Waals surface area contributed by atoms with Crippen LogP contribution < -0.4 is 5.73 Å². The van der Waals surface area contributed by atoms with E-state index >= 15 is 0 Å². The zero-order valence-corrected chi connectivity index (χ0v) is 10.9. The summed E-state index contributed by atoms with van der Waals surface area (Å²) in [7, 11) is -2.95. The number of carbonyl (C=O) groups is 1. The van der Waals surface area contributed by atoms with Crippen LogP contribution in [0.1, 0.15) is 26.2 Å². The molecule has 1 saturated carbocycles. The van der Waals surface area contributed by atoms with Gasteiger partial charge in [-0.1, -0.05) is 0 Å². The Bertz CT molecular complexity index is 407. The summed E-state index contributed by atoms with van der Waals surface area (Å²) in [6.07, 6.45) is 2.49. The first-order chi connectivity index (χ1) is 7.89. The zero-order chi connectivity index (χ0) is 12.6. The van der Waals surface area contributed by atoms with Gasteiger partial charge in [0, 0.05) is 24.5 Å². The summed E-state index contributed by atoms with van der Waals surface area (Å²) in [6.45, 7) is 2.15. The molecule has 0 radical (unpaired) electrons. The van der Waals surface area contributed by atoms with E-state index in [1.807, 2.05) is 6.92 Å². The molecule has 2 rings (SSSR count). The highest BCUT2D eigenvalue weighted by molar-refractivity contribution is 7.91. The van der Waals surface area contributed by atoms with Gasteiger partial charge in [0.25, 0.3) is 0 Å². The lowest BCUT2D eigenvalue weighted by Crippen LogP contribution is -2.51. The van der Waals surface area contributed by atoms with Crippen molar-refractivity contribution in [2.75, 3.05) is 18.1 Å². The topological polar surface area (TPSA) is 80.5 Å². The molecule has 2 aliphatic rings. The van der Waals surface area contributed by atoms with Crippen LogP contribution in [0.25, 0.3) is 0 Å². The smallest absolute Gasteiger partial charge is 0.226 e. The maximum absolute atomic E-state index is 12.2. The van der Waals surface area contributed by atoms with Gasteiger partial charge in [-0.2, -0.15) is 0 Å². The molecule has 2 fully saturated rings. The number of hydrogen-bond donors (Lipinski definition) is 1. The Kier molecular flexibility index (Phi) is 3.45. The zero-order valence-electron chi connectivity index (χ0n) is 10.1. The van der Waals surface area contributed by atoms with Gasteiger partial charge in [-0.15, -0.1) is 0 Å². The molecule has 1 amide bonds. The van der Waals surface area contributed by atoms with Gasteiger partial charge in [-0.3, -0.25) is 4.79 Å². The van der Waals surface area contributed by atoms with Crippen molar-refractivity contribution in [2.24, 2.45) is 11.7 Å². The van der Waals surface area contributed by atoms with Gasteiger partial charge >= 0.3 is 0 Å². The van der Waals surface area contributed by atoms with E-state index in [0.29, 0.717) is 6.54 Å². The number of amides is 1. The van der Waals surface area contributed by atoms with E-state index in [-0.39, 0.29) is 35.4 Å². The van der Waals surface area contributed by atoms with Gasteiger partial charge in [-0.05, 0) is 26.2 Å². The third kappa shape index (κ3) is 2.80. The number of nitrogens with zero attached hydrogens (tertiary/aromatic N) is 1. The molecule has 0 spiro atoms. The Hall–Kier alpha value is -0.620. The first-order valence-corrected chi connectivity index (χ1v) is 7.97. The van der Waals surface area contributed by atoms with Crippen LogP contribution in [-0.4, -0.2) is 49.4 Å². The highest BCUT2D eigenvalue weighted by Crippen LogP contribution is 2.27. The van der Waals surface area contributed by atoms with Crippen LogP contribution in [0, 0.1) is 5.92 Å². The molecule has 1 aliphatic carbocycles. The van der Waals surface area contributed by atoms with Crippen LogP contribution in [0.5, 0.6) is 0 Å². The highest BCUT2D eigenvalue weighted by atomic mass is 32.2. The summed E-state index contributed by atoms with van der Waals surface area (Å²) in [4.78, 5) is 14.0. The van der Waals surface area contributed by atoms with Gasteiger partial charge in [0.1, 0.15) is 0 Å². The van der Waals surface area contributed by atoms with Crippen LogP contribution in [0.3, 0.4) is 0 Å². The third-order valence-corrected chi connectivity index (χ3v) is 5.57. The van der Waals surface area contributed by atoms with E-state index in [9.17, 15) is 13.2 Å². The fourth-order valence-electron chi connectivity index (χ4n) is 2.80. The van der Waals surface area contributed by atoms with Crippen molar-refractivity contribution >= 4 is 15.7 Å². The van der Waals surface area contributed by atoms with Gasteiger partial charge in [0.05, 0.1) is 11.5 Å². The molecule has 1 saturated heterocycles. The van der Waals surface area contributed by atoms with Gasteiger partial charge in [0.2, 0.25) is 5.91 Å².